The quantitative estimate of drug-likeness (QED) is 0.842. The summed E-state index contributed by atoms with van der Waals surface area (Å²) in [6.07, 6.45) is 2.73. The van der Waals surface area contributed by atoms with Crippen LogP contribution < -0.4 is 5.32 Å². The van der Waals surface area contributed by atoms with Crippen molar-refractivity contribution in [3.8, 4) is 0 Å². The molecule has 1 fully saturated rings. The summed E-state index contributed by atoms with van der Waals surface area (Å²) in [5.74, 6) is 0.923. The molecule has 0 amide bonds. The minimum Gasteiger partial charge on any atom is -0.311 e. The average molecular weight is 282 g/mol. The minimum absolute atomic E-state index is 0.923. The molecule has 1 aliphatic heterocycles. The molecule has 0 radical (unpaired) electrons. The van der Waals surface area contributed by atoms with Gasteiger partial charge >= 0.3 is 0 Å². The molecule has 2 heteroatoms. The van der Waals surface area contributed by atoms with Crippen molar-refractivity contribution in [1.82, 2.24) is 10.2 Å². The van der Waals surface area contributed by atoms with Crippen molar-refractivity contribution in [3.05, 3.63) is 48.0 Å². The lowest BCUT2D eigenvalue weighted by molar-refractivity contribution is 0.193. The van der Waals surface area contributed by atoms with Crippen LogP contribution in [0.25, 0.3) is 10.8 Å². The van der Waals surface area contributed by atoms with Gasteiger partial charge in [0.2, 0.25) is 0 Å². The summed E-state index contributed by atoms with van der Waals surface area (Å²) >= 11 is 0. The van der Waals surface area contributed by atoms with Crippen LogP contribution >= 0.6 is 0 Å². The van der Waals surface area contributed by atoms with Gasteiger partial charge < -0.3 is 10.2 Å². The Morgan fingerprint density at radius 2 is 1.81 bits per heavy atom. The molecule has 2 aromatic rings. The maximum absolute atomic E-state index is 3.58. The summed E-state index contributed by atoms with van der Waals surface area (Å²) in [5.41, 5.74) is 1.38. The Bertz CT molecular complexity index is 571. The summed E-state index contributed by atoms with van der Waals surface area (Å²) in [6, 6.07) is 15.3. The summed E-state index contributed by atoms with van der Waals surface area (Å²) in [5, 5.41) is 6.24. The summed E-state index contributed by atoms with van der Waals surface area (Å²) in [4.78, 5) is 2.59. The lowest BCUT2D eigenvalue weighted by Gasteiger charge is -2.30. The van der Waals surface area contributed by atoms with Gasteiger partial charge in [0.15, 0.2) is 0 Å². The van der Waals surface area contributed by atoms with Crippen molar-refractivity contribution in [2.75, 3.05) is 26.2 Å². The van der Waals surface area contributed by atoms with Crippen LogP contribution in [0.1, 0.15) is 25.3 Å². The molecule has 0 saturated carbocycles. The molecule has 0 bridgehead atoms. The fourth-order valence-corrected chi connectivity index (χ4v) is 3.10. The summed E-state index contributed by atoms with van der Waals surface area (Å²) < 4.78 is 0. The van der Waals surface area contributed by atoms with Crippen molar-refractivity contribution >= 4 is 10.8 Å². The summed E-state index contributed by atoms with van der Waals surface area (Å²) in [7, 11) is 0. The number of fused-ring (bicyclic) bond motifs is 1. The highest BCUT2D eigenvalue weighted by atomic mass is 15.1. The van der Waals surface area contributed by atoms with Crippen LogP contribution in [0.5, 0.6) is 0 Å². The molecule has 21 heavy (non-hydrogen) atoms. The van der Waals surface area contributed by atoms with Crippen molar-refractivity contribution in [1.29, 1.82) is 0 Å². The van der Waals surface area contributed by atoms with Crippen LogP contribution in [0.2, 0.25) is 0 Å². The number of hydrogen-bond donors (Lipinski definition) is 1. The van der Waals surface area contributed by atoms with E-state index in [2.05, 4.69) is 59.6 Å². The second kappa shape index (κ2) is 7.06. The van der Waals surface area contributed by atoms with E-state index >= 15 is 0 Å². The molecule has 1 N–H and O–H groups in total. The Hall–Kier alpha value is -1.38. The highest BCUT2D eigenvalue weighted by molar-refractivity contribution is 5.82. The smallest absolute Gasteiger partial charge is 0.0206 e. The summed E-state index contributed by atoms with van der Waals surface area (Å²) in [6.45, 7) is 8.16. The highest BCUT2D eigenvalue weighted by Gasteiger charge is 2.14. The van der Waals surface area contributed by atoms with E-state index < -0.39 is 0 Å². The zero-order valence-corrected chi connectivity index (χ0v) is 13.0. The van der Waals surface area contributed by atoms with Crippen LogP contribution in [0.4, 0.5) is 0 Å². The van der Waals surface area contributed by atoms with E-state index in [0.717, 1.165) is 19.0 Å². The maximum atomic E-state index is 3.58. The van der Waals surface area contributed by atoms with Gasteiger partial charge in [-0.3, -0.25) is 0 Å². The molecule has 2 aromatic carbocycles. The first-order valence-corrected chi connectivity index (χ1v) is 8.22. The monoisotopic (exact) mass is 282 g/mol. The molecule has 1 heterocycles. The van der Waals surface area contributed by atoms with E-state index in [-0.39, 0.29) is 0 Å². The van der Waals surface area contributed by atoms with E-state index in [1.807, 2.05) is 0 Å². The van der Waals surface area contributed by atoms with Gasteiger partial charge in [0.25, 0.3) is 0 Å². The SMILES string of the molecule is CC1CCN(CCNCc2ccc3ccccc3c2)CC1. The number of hydrogen-bond acceptors (Lipinski definition) is 2. The van der Waals surface area contributed by atoms with E-state index in [4.69, 9.17) is 0 Å². The fourth-order valence-electron chi connectivity index (χ4n) is 3.10. The molecule has 3 rings (SSSR count). The molecule has 0 unspecified atom stereocenters. The van der Waals surface area contributed by atoms with E-state index in [1.54, 1.807) is 0 Å². The number of rotatable bonds is 5. The van der Waals surface area contributed by atoms with Crippen LogP contribution in [-0.2, 0) is 6.54 Å². The van der Waals surface area contributed by atoms with E-state index in [1.165, 1.54) is 48.8 Å². The number of benzene rings is 2. The third-order valence-corrected chi connectivity index (χ3v) is 4.62. The highest BCUT2D eigenvalue weighted by Crippen LogP contribution is 2.16. The predicted octanol–water partition coefficient (Wildman–Crippen LogP) is 3.66. The van der Waals surface area contributed by atoms with Gasteiger partial charge in [-0.25, -0.2) is 0 Å². The zero-order valence-electron chi connectivity index (χ0n) is 13.0. The Morgan fingerprint density at radius 3 is 2.62 bits per heavy atom. The van der Waals surface area contributed by atoms with Gasteiger partial charge in [-0.1, -0.05) is 43.3 Å². The fraction of sp³-hybridized carbons (Fsp3) is 0.474. The first-order valence-electron chi connectivity index (χ1n) is 8.22. The molecule has 0 aliphatic carbocycles. The molecular formula is C19H26N2. The normalized spacial score (nSPS) is 17.4. The standard InChI is InChI=1S/C19H26N2/c1-16-8-11-21(12-9-16)13-10-20-15-17-6-7-18-4-2-3-5-19(18)14-17/h2-7,14,16,20H,8-13,15H2,1H3. The van der Waals surface area contributed by atoms with Crippen molar-refractivity contribution < 1.29 is 0 Å². The van der Waals surface area contributed by atoms with Crippen LogP contribution in [0.3, 0.4) is 0 Å². The predicted molar refractivity (Wildman–Crippen MR) is 90.5 cm³/mol. The Labute approximate surface area is 128 Å². The molecule has 0 atom stereocenters. The number of nitrogens with zero attached hydrogens (tertiary/aromatic N) is 1. The van der Waals surface area contributed by atoms with Crippen molar-refractivity contribution in [2.45, 2.75) is 26.3 Å². The molecule has 112 valence electrons. The molecule has 1 saturated heterocycles. The first-order chi connectivity index (χ1) is 10.3. The maximum Gasteiger partial charge on any atom is 0.0206 e. The third kappa shape index (κ3) is 4.05. The van der Waals surface area contributed by atoms with Gasteiger partial charge in [-0.2, -0.15) is 0 Å². The van der Waals surface area contributed by atoms with Gasteiger partial charge in [0.05, 0.1) is 0 Å². The lowest BCUT2D eigenvalue weighted by Crippen LogP contribution is -2.37. The van der Waals surface area contributed by atoms with Gasteiger partial charge in [-0.15, -0.1) is 0 Å². The average Bonchev–Trinajstić information content (AvgIpc) is 2.53. The number of nitrogens with one attached hydrogen (secondary N) is 1. The van der Waals surface area contributed by atoms with E-state index in [0.29, 0.717) is 0 Å². The second-order valence-corrected chi connectivity index (χ2v) is 6.38. The Kier molecular flexibility index (Phi) is 4.89. The first kappa shape index (κ1) is 14.6. The van der Waals surface area contributed by atoms with Crippen molar-refractivity contribution in [2.24, 2.45) is 5.92 Å². The number of piperidine rings is 1. The topological polar surface area (TPSA) is 15.3 Å². The largest absolute Gasteiger partial charge is 0.311 e. The Balaban J connectivity index is 1.44. The van der Waals surface area contributed by atoms with Gasteiger partial charge in [-0.05, 0) is 54.3 Å². The molecular weight excluding hydrogens is 256 g/mol. The van der Waals surface area contributed by atoms with Crippen molar-refractivity contribution in [3.63, 3.8) is 0 Å². The van der Waals surface area contributed by atoms with Gasteiger partial charge in [0, 0.05) is 19.6 Å². The molecule has 0 aromatic heterocycles. The third-order valence-electron chi connectivity index (χ3n) is 4.62. The molecule has 2 nitrogen and oxygen atoms in total. The molecule has 1 aliphatic rings. The second-order valence-electron chi connectivity index (χ2n) is 6.38. The number of likely N-dealkylation sites (tertiary alicyclic amines) is 1. The molecule has 0 spiro atoms. The van der Waals surface area contributed by atoms with Crippen LogP contribution in [0.15, 0.2) is 42.5 Å². The van der Waals surface area contributed by atoms with Gasteiger partial charge in [0.1, 0.15) is 0 Å². The van der Waals surface area contributed by atoms with Crippen LogP contribution in [0, 0.1) is 5.92 Å². The van der Waals surface area contributed by atoms with Crippen LogP contribution in [-0.4, -0.2) is 31.1 Å². The zero-order chi connectivity index (χ0) is 14.5. The lowest BCUT2D eigenvalue weighted by atomic mass is 9.99. The Morgan fingerprint density at radius 1 is 1.05 bits per heavy atom. The minimum atomic E-state index is 0.923. The van der Waals surface area contributed by atoms with E-state index in [9.17, 15) is 0 Å².